The molecule has 4 rings (SSSR count). The first kappa shape index (κ1) is 25.2. The number of hydrogen-bond donors (Lipinski definition) is 1. The molecule has 0 spiro atoms. The van der Waals surface area contributed by atoms with E-state index in [1.165, 1.54) is 23.5 Å². The van der Waals surface area contributed by atoms with Gasteiger partial charge in [-0.1, -0.05) is 12.1 Å². The van der Waals surface area contributed by atoms with Gasteiger partial charge in [0.2, 0.25) is 15.9 Å². The van der Waals surface area contributed by atoms with E-state index in [0.717, 1.165) is 22.5 Å². The van der Waals surface area contributed by atoms with E-state index in [9.17, 15) is 35.2 Å². The van der Waals surface area contributed by atoms with Crippen LogP contribution in [0.25, 0.3) is 11.3 Å². The smallest absolute Gasteiger partial charge is 0.348 e. The number of carbonyl (C=O) groups is 1. The normalized spacial score (nSPS) is 17.0. The number of amides is 1. The van der Waals surface area contributed by atoms with Crippen molar-refractivity contribution in [2.24, 2.45) is 0 Å². The quantitative estimate of drug-likeness (QED) is 0.473. The number of thiazole rings is 1. The van der Waals surface area contributed by atoms with E-state index >= 15 is 0 Å². The van der Waals surface area contributed by atoms with Crippen molar-refractivity contribution in [1.29, 1.82) is 0 Å². The minimum atomic E-state index is -4.44. The molecule has 0 aliphatic carbocycles. The zero-order chi connectivity index (χ0) is 25.4. The maximum atomic E-state index is 13.6. The van der Waals surface area contributed by atoms with Crippen molar-refractivity contribution in [2.75, 3.05) is 6.54 Å². The van der Waals surface area contributed by atoms with E-state index < -0.39 is 50.2 Å². The van der Waals surface area contributed by atoms with Crippen LogP contribution in [-0.2, 0) is 27.5 Å². The number of hydrogen-bond acceptors (Lipinski definition) is 5. The topological polar surface area (TPSA) is 79.4 Å². The highest BCUT2D eigenvalue weighted by atomic mass is 32.2. The molecular formula is C22H18F5N3O3S2. The second-order valence-corrected chi connectivity index (χ2v) is 10.6. The summed E-state index contributed by atoms with van der Waals surface area (Å²) in [5.74, 6) is -3.06. The number of benzene rings is 2. The zero-order valence-corrected chi connectivity index (χ0v) is 19.5. The van der Waals surface area contributed by atoms with Crippen molar-refractivity contribution < 1.29 is 35.2 Å². The maximum absolute atomic E-state index is 13.6. The minimum Gasteiger partial charge on any atom is -0.348 e. The highest BCUT2D eigenvalue weighted by Gasteiger charge is 2.39. The molecule has 3 aromatic rings. The molecule has 1 aliphatic heterocycles. The third-order valence-corrected chi connectivity index (χ3v) is 8.23. The number of alkyl halides is 3. The van der Waals surface area contributed by atoms with E-state index in [-0.39, 0.29) is 19.5 Å². The number of nitrogens with zero attached hydrogens (tertiary/aromatic N) is 2. The molecule has 35 heavy (non-hydrogen) atoms. The van der Waals surface area contributed by atoms with Crippen LogP contribution in [0.4, 0.5) is 22.0 Å². The second-order valence-electron chi connectivity index (χ2n) is 7.77. The van der Waals surface area contributed by atoms with Crippen molar-refractivity contribution >= 4 is 27.3 Å². The SMILES string of the molecule is O=C(NCc1nc(-c2ccc(C(F)(F)F)cc2)cs1)[C@@H]1CCCN1S(=O)(=O)c1ccc(F)c(F)c1. The molecule has 0 bridgehead atoms. The molecule has 1 atom stereocenters. The van der Waals surface area contributed by atoms with Crippen molar-refractivity contribution in [1.82, 2.24) is 14.6 Å². The van der Waals surface area contributed by atoms with Gasteiger partial charge in [0.15, 0.2) is 11.6 Å². The summed E-state index contributed by atoms with van der Waals surface area (Å²) in [5, 5.41) is 4.74. The van der Waals surface area contributed by atoms with Crippen molar-refractivity contribution in [3.05, 3.63) is 70.1 Å². The van der Waals surface area contributed by atoms with Crippen LogP contribution in [0.5, 0.6) is 0 Å². The summed E-state index contributed by atoms with van der Waals surface area (Å²) in [4.78, 5) is 16.6. The molecule has 1 N–H and O–H groups in total. The Bertz CT molecular complexity index is 1340. The van der Waals surface area contributed by atoms with Crippen LogP contribution in [0.3, 0.4) is 0 Å². The predicted molar refractivity (Wildman–Crippen MR) is 118 cm³/mol. The van der Waals surface area contributed by atoms with Crippen LogP contribution >= 0.6 is 11.3 Å². The van der Waals surface area contributed by atoms with Crippen molar-refractivity contribution in [3.63, 3.8) is 0 Å². The van der Waals surface area contributed by atoms with Gasteiger partial charge in [0.05, 0.1) is 22.7 Å². The minimum absolute atomic E-state index is 0.0142. The molecule has 2 heterocycles. The van der Waals surface area contributed by atoms with Crippen LogP contribution in [0.2, 0.25) is 0 Å². The molecule has 186 valence electrons. The lowest BCUT2D eigenvalue weighted by atomic mass is 10.1. The highest BCUT2D eigenvalue weighted by molar-refractivity contribution is 7.89. The van der Waals surface area contributed by atoms with E-state index in [0.29, 0.717) is 34.8 Å². The number of halogens is 5. The zero-order valence-electron chi connectivity index (χ0n) is 17.9. The summed E-state index contributed by atoms with van der Waals surface area (Å²) < 4.78 is 91.8. The fourth-order valence-electron chi connectivity index (χ4n) is 3.70. The Balaban J connectivity index is 1.42. The lowest BCUT2D eigenvalue weighted by Crippen LogP contribution is -2.45. The summed E-state index contributed by atoms with van der Waals surface area (Å²) in [6.45, 7) is 0.0361. The van der Waals surface area contributed by atoms with Crippen LogP contribution in [0.1, 0.15) is 23.4 Å². The van der Waals surface area contributed by atoms with Crippen LogP contribution in [0.15, 0.2) is 52.7 Å². The third-order valence-electron chi connectivity index (χ3n) is 5.48. The molecular weight excluding hydrogens is 513 g/mol. The van der Waals surface area contributed by atoms with Gasteiger partial charge < -0.3 is 5.32 Å². The van der Waals surface area contributed by atoms with Crippen LogP contribution in [0, 0.1) is 11.6 Å². The molecule has 1 aromatic heterocycles. The Hall–Kier alpha value is -2.90. The van der Waals surface area contributed by atoms with Crippen LogP contribution < -0.4 is 5.32 Å². The number of aromatic nitrogens is 1. The van der Waals surface area contributed by atoms with Crippen molar-refractivity contribution in [2.45, 2.75) is 36.5 Å². The Labute approximate surface area is 201 Å². The second kappa shape index (κ2) is 9.63. The van der Waals surface area contributed by atoms with Gasteiger partial charge in [0, 0.05) is 17.5 Å². The number of carbonyl (C=O) groups excluding carboxylic acids is 1. The van der Waals surface area contributed by atoms with E-state index in [1.54, 1.807) is 5.38 Å². The first-order valence-electron chi connectivity index (χ1n) is 10.3. The fraction of sp³-hybridized carbons (Fsp3) is 0.273. The van der Waals surface area contributed by atoms with Gasteiger partial charge >= 0.3 is 6.18 Å². The van der Waals surface area contributed by atoms with Gasteiger partial charge in [0.25, 0.3) is 0 Å². The summed E-state index contributed by atoms with van der Waals surface area (Å²) in [5.41, 5.74) is 0.145. The molecule has 2 aromatic carbocycles. The summed E-state index contributed by atoms with van der Waals surface area (Å²) in [6, 6.07) is 5.73. The number of nitrogens with one attached hydrogen (secondary N) is 1. The van der Waals surface area contributed by atoms with Gasteiger partial charge in [-0.15, -0.1) is 11.3 Å². The molecule has 0 unspecified atom stereocenters. The van der Waals surface area contributed by atoms with Gasteiger partial charge in [-0.25, -0.2) is 22.2 Å². The Kier molecular flexibility index (Phi) is 6.93. The Morgan fingerprint density at radius 1 is 1.11 bits per heavy atom. The fourth-order valence-corrected chi connectivity index (χ4v) is 6.11. The molecule has 1 saturated heterocycles. The highest BCUT2D eigenvalue weighted by Crippen LogP contribution is 2.31. The Morgan fingerprint density at radius 2 is 1.83 bits per heavy atom. The maximum Gasteiger partial charge on any atom is 0.416 e. The Morgan fingerprint density at radius 3 is 2.49 bits per heavy atom. The first-order valence-corrected chi connectivity index (χ1v) is 12.7. The summed E-state index contributed by atoms with van der Waals surface area (Å²) in [6.07, 6.45) is -3.78. The predicted octanol–water partition coefficient (Wildman–Crippen LogP) is 4.58. The molecule has 1 amide bonds. The lowest BCUT2D eigenvalue weighted by molar-refractivity contribution is -0.137. The molecule has 13 heteroatoms. The molecule has 0 saturated carbocycles. The number of sulfonamides is 1. The first-order chi connectivity index (χ1) is 16.5. The van der Waals surface area contributed by atoms with Crippen LogP contribution in [-0.4, -0.2) is 36.2 Å². The largest absolute Gasteiger partial charge is 0.416 e. The van der Waals surface area contributed by atoms with E-state index in [2.05, 4.69) is 10.3 Å². The number of rotatable bonds is 6. The van der Waals surface area contributed by atoms with E-state index in [1.807, 2.05) is 0 Å². The standard InChI is InChI=1S/C22H18F5N3O3S2/c23-16-8-7-15(10-17(16)24)35(32,33)30-9-1-2-19(30)21(31)28-11-20-29-18(12-34-20)13-3-5-14(6-4-13)22(25,26)27/h3-8,10,12,19H,1-2,9,11H2,(H,28,31)/t19-/m0/s1. The molecule has 1 fully saturated rings. The molecule has 1 aliphatic rings. The van der Waals surface area contributed by atoms with E-state index in [4.69, 9.17) is 0 Å². The van der Waals surface area contributed by atoms with Crippen molar-refractivity contribution in [3.8, 4) is 11.3 Å². The third kappa shape index (κ3) is 5.36. The van der Waals surface area contributed by atoms with Gasteiger partial charge in [0.1, 0.15) is 11.0 Å². The average molecular weight is 532 g/mol. The summed E-state index contributed by atoms with van der Waals surface area (Å²) in [7, 11) is -4.23. The molecule has 6 nitrogen and oxygen atoms in total. The molecule has 0 radical (unpaired) electrons. The van der Waals surface area contributed by atoms with Gasteiger partial charge in [-0.3, -0.25) is 4.79 Å². The summed E-state index contributed by atoms with van der Waals surface area (Å²) >= 11 is 1.19. The van der Waals surface area contributed by atoms with Gasteiger partial charge in [-0.2, -0.15) is 17.5 Å². The average Bonchev–Trinajstić information content (AvgIpc) is 3.49. The van der Waals surface area contributed by atoms with Gasteiger partial charge in [-0.05, 0) is 43.2 Å². The monoisotopic (exact) mass is 531 g/mol. The lowest BCUT2D eigenvalue weighted by Gasteiger charge is -2.23.